The summed E-state index contributed by atoms with van der Waals surface area (Å²) < 4.78 is 5.53. The van der Waals surface area contributed by atoms with E-state index >= 15 is 0 Å². The van der Waals surface area contributed by atoms with Crippen molar-refractivity contribution in [3.8, 4) is 0 Å². The van der Waals surface area contributed by atoms with Gasteiger partial charge in [0, 0.05) is 19.1 Å². The van der Waals surface area contributed by atoms with Gasteiger partial charge in [-0.15, -0.1) is 10.2 Å². The fraction of sp³-hybridized carbons (Fsp3) is 0.667. The van der Waals surface area contributed by atoms with E-state index in [9.17, 15) is 4.79 Å². The number of carbonyl (C=O) groups is 1. The van der Waals surface area contributed by atoms with Crippen molar-refractivity contribution in [2.24, 2.45) is 5.92 Å². The van der Waals surface area contributed by atoms with Gasteiger partial charge in [0.05, 0.1) is 6.10 Å². The molecule has 2 rings (SSSR count). The monoisotopic (exact) mass is 292 g/mol. The second-order valence-electron chi connectivity index (χ2n) is 5.32. The van der Waals surface area contributed by atoms with Gasteiger partial charge in [-0.3, -0.25) is 4.79 Å². The van der Waals surface area contributed by atoms with Gasteiger partial charge in [-0.2, -0.15) is 0 Å². The molecule has 1 aliphatic rings. The van der Waals surface area contributed by atoms with Crippen LogP contribution in [0, 0.1) is 5.92 Å². The van der Waals surface area contributed by atoms with Gasteiger partial charge in [-0.05, 0) is 37.8 Å². The molecule has 1 fully saturated rings. The molecule has 0 bridgehead atoms. The number of hydrogen-bond acceptors (Lipinski definition) is 5. The minimum atomic E-state index is 0.00867. The lowest BCUT2D eigenvalue weighted by Gasteiger charge is -2.13. The second kappa shape index (κ2) is 7.93. The van der Waals surface area contributed by atoms with E-state index in [0.717, 1.165) is 38.8 Å². The van der Waals surface area contributed by atoms with Gasteiger partial charge in [0.15, 0.2) is 5.82 Å². The molecule has 6 nitrogen and oxygen atoms in total. The summed E-state index contributed by atoms with van der Waals surface area (Å²) in [5.41, 5.74) is 0. The van der Waals surface area contributed by atoms with Crippen LogP contribution in [0.3, 0.4) is 0 Å². The number of rotatable bonds is 7. The highest BCUT2D eigenvalue weighted by atomic mass is 16.5. The molecule has 0 radical (unpaired) electrons. The number of carbonyl (C=O) groups excluding carboxylic acids is 1. The van der Waals surface area contributed by atoms with Crippen LogP contribution in [0.25, 0.3) is 0 Å². The second-order valence-corrected chi connectivity index (χ2v) is 5.32. The zero-order valence-corrected chi connectivity index (χ0v) is 12.8. The van der Waals surface area contributed by atoms with Crippen LogP contribution in [0.1, 0.15) is 39.5 Å². The van der Waals surface area contributed by atoms with Crippen molar-refractivity contribution in [1.29, 1.82) is 0 Å². The number of nitrogens with one attached hydrogen (secondary N) is 2. The highest BCUT2D eigenvalue weighted by molar-refractivity contribution is 5.91. The third kappa shape index (κ3) is 4.67. The molecule has 1 atom stereocenters. The third-order valence-electron chi connectivity index (χ3n) is 3.81. The number of aromatic nitrogens is 2. The largest absolute Gasteiger partial charge is 0.376 e. The Morgan fingerprint density at radius 1 is 1.33 bits per heavy atom. The molecule has 116 valence electrons. The zero-order chi connectivity index (χ0) is 15.1. The summed E-state index contributed by atoms with van der Waals surface area (Å²) >= 11 is 0. The molecule has 2 N–H and O–H groups in total. The van der Waals surface area contributed by atoms with Gasteiger partial charge in [-0.25, -0.2) is 0 Å². The molecule has 1 unspecified atom stereocenters. The standard InChI is InChI=1S/C15H24N4O2/c1-3-11(4-2)15(20)17-14-8-7-13(18-19-14)16-10-12-6-5-9-21-12/h7-8,11-12H,3-6,9-10H2,1-2H3,(H,16,18)(H,17,19,20). The summed E-state index contributed by atoms with van der Waals surface area (Å²) in [7, 11) is 0. The normalized spacial score (nSPS) is 18.0. The first kappa shape index (κ1) is 15.7. The Morgan fingerprint density at radius 3 is 2.62 bits per heavy atom. The van der Waals surface area contributed by atoms with Crippen molar-refractivity contribution in [3.05, 3.63) is 12.1 Å². The predicted molar refractivity (Wildman–Crippen MR) is 82.2 cm³/mol. The number of anilines is 2. The molecule has 0 aromatic carbocycles. The Labute approximate surface area is 125 Å². The predicted octanol–water partition coefficient (Wildman–Crippen LogP) is 2.44. The molecule has 1 saturated heterocycles. The SMILES string of the molecule is CCC(CC)C(=O)Nc1ccc(NCC2CCCO2)nn1. The first-order chi connectivity index (χ1) is 10.2. The Morgan fingerprint density at radius 2 is 2.05 bits per heavy atom. The molecular weight excluding hydrogens is 268 g/mol. The molecule has 0 spiro atoms. The van der Waals surface area contributed by atoms with Gasteiger partial charge in [-0.1, -0.05) is 13.8 Å². The van der Waals surface area contributed by atoms with E-state index in [-0.39, 0.29) is 17.9 Å². The van der Waals surface area contributed by atoms with E-state index in [1.165, 1.54) is 0 Å². The lowest BCUT2D eigenvalue weighted by molar-refractivity contribution is -0.120. The van der Waals surface area contributed by atoms with E-state index in [1.807, 2.05) is 19.9 Å². The number of nitrogens with zero attached hydrogens (tertiary/aromatic N) is 2. The molecular formula is C15H24N4O2. The van der Waals surface area contributed by atoms with Crippen molar-refractivity contribution in [2.75, 3.05) is 23.8 Å². The molecule has 2 heterocycles. The maximum Gasteiger partial charge on any atom is 0.228 e. The van der Waals surface area contributed by atoms with Gasteiger partial charge in [0.1, 0.15) is 5.82 Å². The van der Waals surface area contributed by atoms with Crippen LogP contribution in [0.4, 0.5) is 11.6 Å². The quantitative estimate of drug-likeness (QED) is 0.807. The smallest absolute Gasteiger partial charge is 0.228 e. The van der Waals surface area contributed by atoms with Crippen molar-refractivity contribution in [2.45, 2.75) is 45.6 Å². The molecule has 0 saturated carbocycles. The number of amides is 1. The average Bonchev–Trinajstić information content (AvgIpc) is 3.01. The van der Waals surface area contributed by atoms with Crippen molar-refractivity contribution in [3.63, 3.8) is 0 Å². The first-order valence-electron chi connectivity index (χ1n) is 7.73. The van der Waals surface area contributed by atoms with Gasteiger partial charge in [0.25, 0.3) is 0 Å². The van der Waals surface area contributed by atoms with E-state index in [1.54, 1.807) is 6.07 Å². The highest BCUT2D eigenvalue weighted by Crippen LogP contribution is 2.14. The summed E-state index contributed by atoms with van der Waals surface area (Å²) in [6, 6.07) is 3.59. The van der Waals surface area contributed by atoms with Crippen LogP contribution < -0.4 is 10.6 Å². The Hall–Kier alpha value is -1.69. The summed E-state index contributed by atoms with van der Waals surface area (Å²) in [6.45, 7) is 5.61. The van der Waals surface area contributed by atoms with E-state index < -0.39 is 0 Å². The Bertz CT molecular complexity index is 439. The summed E-state index contributed by atoms with van der Waals surface area (Å²) in [5.74, 6) is 1.24. The lowest BCUT2D eigenvalue weighted by atomic mass is 10.0. The van der Waals surface area contributed by atoms with Crippen LogP contribution in [-0.2, 0) is 9.53 Å². The van der Waals surface area contributed by atoms with Crippen LogP contribution in [0.2, 0.25) is 0 Å². The van der Waals surface area contributed by atoms with E-state index in [0.29, 0.717) is 11.6 Å². The van der Waals surface area contributed by atoms with E-state index in [4.69, 9.17) is 4.74 Å². The van der Waals surface area contributed by atoms with Gasteiger partial charge in [0.2, 0.25) is 5.91 Å². The molecule has 21 heavy (non-hydrogen) atoms. The topological polar surface area (TPSA) is 76.1 Å². The summed E-state index contributed by atoms with van der Waals surface area (Å²) in [4.78, 5) is 11.9. The van der Waals surface area contributed by atoms with Crippen molar-refractivity contribution in [1.82, 2.24) is 10.2 Å². The minimum absolute atomic E-state index is 0.00867. The molecule has 1 amide bonds. The minimum Gasteiger partial charge on any atom is -0.376 e. The number of ether oxygens (including phenoxy) is 1. The van der Waals surface area contributed by atoms with Crippen LogP contribution in [0.5, 0.6) is 0 Å². The molecule has 0 aliphatic carbocycles. The third-order valence-corrected chi connectivity index (χ3v) is 3.81. The average molecular weight is 292 g/mol. The summed E-state index contributed by atoms with van der Waals surface area (Å²) in [5, 5.41) is 14.1. The number of hydrogen-bond donors (Lipinski definition) is 2. The first-order valence-corrected chi connectivity index (χ1v) is 7.73. The van der Waals surface area contributed by atoms with Gasteiger partial charge < -0.3 is 15.4 Å². The fourth-order valence-electron chi connectivity index (χ4n) is 2.40. The molecule has 1 aromatic rings. The maximum absolute atomic E-state index is 11.9. The Balaban J connectivity index is 1.82. The highest BCUT2D eigenvalue weighted by Gasteiger charge is 2.16. The van der Waals surface area contributed by atoms with Crippen molar-refractivity contribution >= 4 is 17.5 Å². The Kier molecular flexibility index (Phi) is 5.92. The lowest BCUT2D eigenvalue weighted by Crippen LogP contribution is -2.22. The molecule has 1 aromatic heterocycles. The molecule has 1 aliphatic heterocycles. The van der Waals surface area contributed by atoms with Crippen LogP contribution in [-0.4, -0.2) is 35.4 Å². The van der Waals surface area contributed by atoms with Crippen LogP contribution in [0.15, 0.2) is 12.1 Å². The van der Waals surface area contributed by atoms with Crippen molar-refractivity contribution < 1.29 is 9.53 Å². The maximum atomic E-state index is 11.9. The van der Waals surface area contributed by atoms with E-state index in [2.05, 4.69) is 20.8 Å². The summed E-state index contributed by atoms with van der Waals surface area (Å²) in [6.07, 6.45) is 4.14. The van der Waals surface area contributed by atoms with Gasteiger partial charge >= 0.3 is 0 Å². The molecule has 6 heteroatoms. The van der Waals surface area contributed by atoms with Crippen LogP contribution >= 0.6 is 0 Å². The fourth-order valence-corrected chi connectivity index (χ4v) is 2.40. The zero-order valence-electron chi connectivity index (χ0n) is 12.8.